The highest BCUT2D eigenvalue weighted by Crippen LogP contribution is 2.37. The number of carbonyl (C=O) groups excluding carboxylic acids is 1. The highest BCUT2D eigenvalue weighted by Gasteiger charge is 2.35. The third-order valence-corrected chi connectivity index (χ3v) is 6.83. The highest BCUT2D eigenvalue weighted by molar-refractivity contribution is 7.92. The molecular formula is C20H20N4O4S. The van der Waals surface area contributed by atoms with Crippen LogP contribution in [0, 0.1) is 5.92 Å². The van der Waals surface area contributed by atoms with Gasteiger partial charge in [-0.2, -0.15) is 0 Å². The fraction of sp³-hybridized carbons (Fsp3) is 0.300. The van der Waals surface area contributed by atoms with Crippen LogP contribution < -0.4 is 15.3 Å². The Morgan fingerprint density at radius 3 is 2.66 bits per heavy atom. The topological polar surface area (TPSA) is 115 Å². The van der Waals surface area contributed by atoms with Crippen LogP contribution in [0.25, 0.3) is 11.0 Å². The minimum absolute atomic E-state index is 0.0453. The average Bonchev–Trinajstić information content (AvgIpc) is 3.47. The maximum Gasteiger partial charge on any atom is 0.323 e. The molecule has 1 amide bonds. The summed E-state index contributed by atoms with van der Waals surface area (Å²) < 4.78 is 28.3. The smallest absolute Gasteiger partial charge is 0.312 e. The molecule has 8 nitrogen and oxygen atoms in total. The van der Waals surface area contributed by atoms with Gasteiger partial charge in [0, 0.05) is 18.2 Å². The zero-order valence-corrected chi connectivity index (χ0v) is 16.4. The summed E-state index contributed by atoms with van der Waals surface area (Å²) in [5, 5.41) is 0. The molecule has 0 bridgehead atoms. The van der Waals surface area contributed by atoms with Gasteiger partial charge in [-0.3, -0.25) is 9.52 Å². The monoisotopic (exact) mass is 412 g/mol. The lowest BCUT2D eigenvalue weighted by Crippen LogP contribution is -2.36. The SMILES string of the molecule is O=C(C1CC1)N1CCCc2ccc(NS(=O)(=O)c3ccc4[nH]c(=O)[nH]c4c3)cc21. The van der Waals surface area contributed by atoms with Gasteiger partial charge in [-0.1, -0.05) is 6.07 Å². The van der Waals surface area contributed by atoms with Crippen LogP contribution in [0.15, 0.2) is 46.1 Å². The molecule has 29 heavy (non-hydrogen) atoms. The number of carbonyl (C=O) groups is 1. The molecule has 0 radical (unpaired) electrons. The normalized spacial score (nSPS) is 16.6. The molecule has 9 heteroatoms. The maximum atomic E-state index is 12.9. The van der Waals surface area contributed by atoms with Crippen LogP contribution in [0.3, 0.4) is 0 Å². The second kappa shape index (κ2) is 6.48. The first-order chi connectivity index (χ1) is 13.9. The summed E-state index contributed by atoms with van der Waals surface area (Å²) in [6, 6.07) is 9.74. The van der Waals surface area contributed by atoms with Gasteiger partial charge in [0.1, 0.15) is 0 Å². The first-order valence-corrected chi connectivity index (χ1v) is 11.1. The van der Waals surface area contributed by atoms with E-state index in [1.807, 2.05) is 6.07 Å². The minimum atomic E-state index is -3.85. The number of aryl methyl sites for hydroxylation is 1. The van der Waals surface area contributed by atoms with Crippen molar-refractivity contribution in [1.29, 1.82) is 0 Å². The molecular weight excluding hydrogens is 392 g/mol. The summed E-state index contributed by atoms with van der Waals surface area (Å²) in [6.45, 7) is 0.663. The number of hydrogen-bond acceptors (Lipinski definition) is 4. The number of sulfonamides is 1. The summed E-state index contributed by atoms with van der Waals surface area (Å²) in [7, 11) is -3.85. The van der Waals surface area contributed by atoms with Crippen molar-refractivity contribution in [1.82, 2.24) is 9.97 Å². The molecule has 3 aromatic rings. The molecule has 150 valence electrons. The van der Waals surface area contributed by atoms with Gasteiger partial charge in [0.05, 0.1) is 21.6 Å². The summed E-state index contributed by atoms with van der Waals surface area (Å²) in [6.07, 6.45) is 3.64. The van der Waals surface area contributed by atoms with Crippen molar-refractivity contribution in [3.63, 3.8) is 0 Å². The number of amides is 1. The van der Waals surface area contributed by atoms with Crippen molar-refractivity contribution in [2.45, 2.75) is 30.6 Å². The van der Waals surface area contributed by atoms with Gasteiger partial charge in [-0.25, -0.2) is 13.2 Å². The zero-order valence-electron chi connectivity index (χ0n) is 15.6. The maximum absolute atomic E-state index is 12.9. The summed E-state index contributed by atoms with van der Waals surface area (Å²) in [5.41, 5.74) is 2.82. The number of aromatic nitrogens is 2. The van der Waals surface area contributed by atoms with Crippen molar-refractivity contribution in [3.8, 4) is 0 Å². The molecule has 0 spiro atoms. The van der Waals surface area contributed by atoms with E-state index in [1.165, 1.54) is 12.1 Å². The number of nitrogens with zero attached hydrogens (tertiary/aromatic N) is 1. The van der Waals surface area contributed by atoms with Crippen LogP contribution in [-0.4, -0.2) is 30.8 Å². The predicted octanol–water partition coefficient (Wildman–Crippen LogP) is 2.35. The number of rotatable bonds is 4. The van der Waals surface area contributed by atoms with Crippen LogP contribution in [0.1, 0.15) is 24.8 Å². The Balaban J connectivity index is 1.47. The molecule has 2 aromatic carbocycles. The fourth-order valence-corrected chi connectivity index (χ4v) is 4.89. The van der Waals surface area contributed by atoms with Crippen LogP contribution in [-0.2, 0) is 21.2 Å². The fourth-order valence-electron chi connectivity index (χ4n) is 3.81. The van der Waals surface area contributed by atoms with E-state index in [4.69, 9.17) is 0 Å². The number of nitrogens with one attached hydrogen (secondary N) is 3. The number of imidazole rings is 1. The van der Waals surface area contributed by atoms with Crippen LogP contribution in [0.5, 0.6) is 0 Å². The van der Waals surface area contributed by atoms with E-state index in [2.05, 4.69) is 14.7 Å². The largest absolute Gasteiger partial charge is 0.323 e. The van der Waals surface area contributed by atoms with E-state index in [0.717, 1.165) is 36.9 Å². The molecule has 0 saturated heterocycles. The van der Waals surface area contributed by atoms with Crippen molar-refractivity contribution < 1.29 is 13.2 Å². The van der Waals surface area contributed by atoms with E-state index >= 15 is 0 Å². The van der Waals surface area contributed by atoms with Gasteiger partial charge < -0.3 is 14.9 Å². The van der Waals surface area contributed by atoms with Crippen LogP contribution in [0.4, 0.5) is 11.4 Å². The molecule has 1 aliphatic carbocycles. The van der Waals surface area contributed by atoms with E-state index in [-0.39, 0.29) is 16.7 Å². The molecule has 0 unspecified atom stereocenters. The lowest BCUT2D eigenvalue weighted by Gasteiger charge is -2.30. The second-order valence-corrected chi connectivity index (χ2v) is 9.29. The molecule has 1 aromatic heterocycles. The standard InChI is InChI=1S/C20H20N4O4S/c25-19(13-3-4-13)24-9-1-2-12-5-6-14(10-18(12)24)23-29(27,28)15-7-8-16-17(11-15)22-20(26)21-16/h5-8,10-11,13,23H,1-4,9H2,(H2,21,22,26). The van der Waals surface area contributed by atoms with Crippen LogP contribution in [0.2, 0.25) is 0 Å². The number of fused-ring (bicyclic) bond motifs is 2. The van der Waals surface area contributed by atoms with E-state index in [0.29, 0.717) is 23.3 Å². The number of H-pyrrole nitrogens is 2. The van der Waals surface area contributed by atoms with Crippen LogP contribution >= 0.6 is 0 Å². The molecule has 5 rings (SSSR count). The van der Waals surface area contributed by atoms with E-state index in [9.17, 15) is 18.0 Å². The Bertz CT molecular complexity index is 1290. The highest BCUT2D eigenvalue weighted by atomic mass is 32.2. The Kier molecular flexibility index (Phi) is 4.02. The molecule has 1 fully saturated rings. The quantitative estimate of drug-likeness (QED) is 0.610. The van der Waals surface area contributed by atoms with Crippen molar-refractivity contribution >= 4 is 38.3 Å². The number of anilines is 2. The van der Waals surface area contributed by atoms with Gasteiger partial charge >= 0.3 is 5.69 Å². The molecule has 2 heterocycles. The first-order valence-electron chi connectivity index (χ1n) is 9.60. The Labute approximate surface area is 167 Å². The van der Waals surface area contributed by atoms with Crippen molar-refractivity contribution in [2.75, 3.05) is 16.2 Å². The van der Waals surface area contributed by atoms with Crippen molar-refractivity contribution in [3.05, 3.63) is 52.4 Å². The van der Waals surface area contributed by atoms with E-state index in [1.54, 1.807) is 23.1 Å². The van der Waals surface area contributed by atoms with Gasteiger partial charge in [-0.05, 0) is 61.6 Å². The first kappa shape index (κ1) is 18.0. The molecule has 1 saturated carbocycles. The zero-order chi connectivity index (χ0) is 20.2. The summed E-state index contributed by atoms with van der Waals surface area (Å²) >= 11 is 0. The third kappa shape index (κ3) is 3.31. The lowest BCUT2D eigenvalue weighted by atomic mass is 10.0. The molecule has 3 N–H and O–H groups in total. The van der Waals surface area contributed by atoms with Gasteiger partial charge in [-0.15, -0.1) is 0 Å². The Morgan fingerprint density at radius 2 is 1.86 bits per heavy atom. The second-order valence-electron chi connectivity index (χ2n) is 7.60. The summed E-state index contributed by atoms with van der Waals surface area (Å²) in [5.74, 6) is 0.240. The number of benzene rings is 2. The van der Waals surface area contributed by atoms with Crippen molar-refractivity contribution in [2.24, 2.45) is 5.92 Å². The predicted molar refractivity (Wildman–Crippen MR) is 110 cm³/mol. The molecule has 2 aliphatic rings. The lowest BCUT2D eigenvalue weighted by molar-refractivity contribution is -0.119. The molecule has 0 atom stereocenters. The third-order valence-electron chi connectivity index (χ3n) is 5.45. The van der Waals surface area contributed by atoms with E-state index < -0.39 is 15.7 Å². The average molecular weight is 412 g/mol. The molecule has 1 aliphatic heterocycles. The van der Waals surface area contributed by atoms with Gasteiger partial charge in [0.2, 0.25) is 5.91 Å². The number of aromatic amines is 2. The van der Waals surface area contributed by atoms with Gasteiger partial charge in [0.15, 0.2) is 0 Å². The van der Waals surface area contributed by atoms with Gasteiger partial charge in [0.25, 0.3) is 10.0 Å². The summed E-state index contributed by atoms with van der Waals surface area (Å²) in [4.78, 5) is 31.0. The number of hydrogen-bond donors (Lipinski definition) is 3. The Hall–Kier alpha value is -3.07. The minimum Gasteiger partial charge on any atom is -0.312 e. The Morgan fingerprint density at radius 1 is 1.07 bits per heavy atom.